The fourth-order valence-electron chi connectivity index (χ4n) is 1.53. The van der Waals surface area contributed by atoms with Gasteiger partial charge in [0.1, 0.15) is 0 Å². The molecule has 0 aliphatic heterocycles. The van der Waals surface area contributed by atoms with E-state index < -0.39 is 10.0 Å². The zero-order chi connectivity index (χ0) is 14.0. The standard InChI is InChI=1S/C11H12ClN3O2S2/c1-7-2-9(12)10(13)3-11(7)19(16,17)15-4-8-5-18-6-14-8/h2-3,5-6,15H,4,13H2,1H3. The molecule has 0 spiro atoms. The average molecular weight is 318 g/mol. The lowest BCUT2D eigenvalue weighted by Crippen LogP contribution is -2.24. The van der Waals surface area contributed by atoms with Crippen molar-refractivity contribution in [2.24, 2.45) is 0 Å². The van der Waals surface area contributed by atoms with Gasteiger partial charge >= 0.3 is 0 Å². The number of nitrogens with zero attached hydrogens (tertiary/aromatic N) is 1. The molecule has 2 aromatic rings. The fraction of sp³-hybridized carbons (Fsp3) is 0.182. The molecule has 8 heteroatoms. The number of anilines is 1. The minimum Gasteiger partial charge on any atom is -0.397 e. The maximum Gasteiger partial charge on any atom is 0.241 e. The Morgan fingerprint density at radius 3 is 2.84 bits per heavy atom. The highest BCUT2D eigenvalue weighted by Crippen LogP contribution is 2.26. The molecule has 0 aliphatic rings. The Labute approximate surface area is 120 Å². The first kappa shape index (κ1) is 14.3. The summed E-state index contributed by atoms with van der Waals surface area (Å²) in [7, 11) is -3.63. The highest BCUT2D eigenvalue weighted by Gasteiger charge is 2.18. The number of aromatic nitrogens is 1. The van der Waals surface area contributed by atoms with E-state index >= 15 is 0 Å². The second-order valence-electron chi connectivity index (χ2n) is 3.94. The van der Waals surface area contributed by atoms with Gasteiger partial charge in [-0.1, -0.05) is 11.6 Å². The van der Waals surface area contributed by atoms with Gasteiger partial charge in [0, 0.05) is 5.38 Å². The lowest BCUT2D eigenvalue weighted by Gasteiger charge is -2.10. The second kappa shape index (κ2) is 5.46. The Balaban J connectivity index is 2.27. The van der Waals surface area contributed by atoms with Crippen molar-refractivity contribution in [1.82, 2.24) is 9.71 Å². The minimum atomic E-state index is -3.63. The third kappa shape index (κ3) is 3.24. The highest BCUT2D eigenvalue weighted by atomic mass is 35.5. The Hall–Kier alpha value is -1.15. The molecule has 2 rings (SSSR count). The number of thiazole rings is 1. The van der Waals surface area contributed by atoms with Gasteiger partial charge < -0.3 is 5.73 Å². The van der Waals surface area contributed by atoms with Gasteiger partial charge in [-0.25, -0.2) is 18.1 Å². The fourth-order valence-corrected chi connectivity index (χ4v) is 3.56. The van der Waals surface area contributed by atoms with Crippen LogP contribution in [0.15, 0.2) is 27.9 Å². The van der Waals surface area contributed by atoms with E-state index in [2.05, 4.69) is 9.71 Å². The number of nitrogen functional groups attached to an aromatic ring is 1. The third-order valence-corrected chi connectivity index (χ3v) is 5.02. The van der Waals surface area contributed by atoms with Gasteiger partial charge in [0.15, 0.2) is 0 Å². The average Bonchev–Trinajstić information content (AvgIpc) is 2.84. The number of nitrogens with two attached hydrogens (primary N) is 1. The molecule has 1 aromatic heterocycles. The van der Waals surface area contributed by atoms with Crippen LogP contribution in [0.5, 0.6) is 0 Å². The van der Waals surface area contributed by atoms with Crippen molar-refractivity contribution in [2.75, 3.05) is 5.73 Å². The predicted octanol–water partition coefficient (Wildman–Crippen LogP) is 2.17. The maximum atomic E-state index is 12.2. The Kier molecular flexibility index (Phi) is 4.10. The van der Waals surface area contributed by atoms with Gasteiger partial charge in [-0.3, -0.25) is 0 Å². The lowest BCUT2D eigenvalue weighted by molar-refractivity contribution is 0.580. The molecule has 0 fully saturated rings. The van der Waals surface area contributed by atoms with Crippen molar-refractivity contribution < 1.29 is 8.42 Å². The van der Waals surface area contributed by atoms with Crippen LogP contribution in [0.25, 0.3) is 0 Å². The van der Waals surface area contributed by atoms with Gasteiger partial charge in [-0.05, 0) is 24.6 Å². The number of hydrogen-bond acceptors (Lipinski definition) is 5. The molecule has 102 valence electrons. The first-order valence-corrected chi connectivity index (χ1v) is 8.13. The first-order chi connectivity index (χ1) is 8.90. The largest absolute Gasteiger partial charge is 0.397 e. The minimum absolute atomic E-state index is 0.129. The number of halogens is 1. The molecule has 0 unspecified atom stereocenters. The van der Waals surface area contributed by atoms with Crippen LogP contribution in [0.2, 0.25) is 5.02 Å². The number of rotatable bonds is 4. The molecule has 0 amide bonds. The van der Waals surface area contributed by atoms with Gasteiger partial charge in [0.05, 0.1) is 33.4 Å². The van der Waals surface area contributed by atoms with E-state index in [9.17, 15) is 8.42 Å². The summed E-state index contributed by atoms with van der Waals surface area (Å²) in [6.07, 6.45) is 0. The van der Waals surface area contributed by atoms with Crippen LogP contribution in [0.3, 0.4) is 0 Å². The van der Waals surface area contributed by atoms with Crippen molar-refractivity contribution in [3.63, 3.8) is 0 Å². The van der Waals surface area contributed by atoms with Crippen LogP contribution in [-0.2, 0) is 16.6 Å². The van der Waals surface area contributed by atoms with E-state index in [1.807, 2.05) is 0 Å². The summed E-state index contributed by atoms with van der Waals surface area (Å²) in [5, 5.41) is 2.13. The summed E-state index contributed by atoms with van der Waals surface area (Å²) in [6.45, 7) is 1.82. The van der Waals surface area contributed by atoms with E-state index in [4.69, 9.17) is 17.3 Å². The van der Waals surface area contributed by atoms with Crippen LogP contribution in [0, 0.1) is 6.92 Å². The summed E-state index contributed by atoms with van der Waals surface area (Å²) < 4.78 is 26.8. The molecule has 0 bridgehead atoms. The van der Waals surface area contributed by atoms with Gasteiger partial charge in [0.25, 0.3) is 0 Å². The molecule has 19 heavy (non-hydrogen) atoms. The summed E-state index contributed by atoms with van der Waals surface area (Å²) in [6, 6.07) is 2.90. The van der Waals surface area contributed by atoms with E-state index in [1.54, 1.807) is 17.8 Å². The molecule has 1 aromatic carbocycles. The molecule has 0 atom stereocenters. The van der Waals surface area contributed by atoms with Gasteiger partial charge in [-0.2, -0.15) is 0 Å². The molecule has 3 N–H and O–H groups in total. The van der Waals surface area contributed by atoms with Crippen molar-refractivity contribution >= 4 is 38.6 Å². The van der Waals surface area contributed by atoms with E-state index in [0.29, 0.717) is 16.3 Å². The number of benzene rings is 1. The van der Waals surface area contributed by atoms with Gasteiger partial charge in [0.2, 0.25) is 10.0 Å². The van der Waals surface area contributed by atoms with Gasteiger partial charge in [-0.15, -0.1) is 11.3 Å². The normalized spacial score (nSPS) is 11.7. The molecular formula is C11H12ClN3O2S2. The number of hydrogen-bond donors (Lipinski definition) is 2. The number of sulfonamides is 1. The lowest BCUT2D eigenvalue weighted by atomic mass is 10.2. The van der Waals surface area contributed by atoms with Crippen LogP contribution in [0.4, 0.5) is 5.69 Å². The van der Waals surface area contributed by atoms with E-state index in [0.717, 1.165) is 0 Å². The molecule has 0 radical (unpaired) electrons. The highest BCUT2D eigenvalue weighted by molar-refractivity contribution is 7.89. The van der Waals surface area contributed by atoms with Crippen molar-refractivity contribution in [1.29, 1.82) is 0 Å². The topological polar surface area (TPSA) is 85.1 Å². The van der Waals surface area contributed by atoms with Crippen LogP contribution >= 0.6 is 22.9 Å². The Morgan fingerprint density at radius 1 is 1.47 bits per heavy atom. The zero-order valence-corrected chi connectivity index (χ0v) is 12.4. The number of aryl methyl sites for hydroxylation is 1. The second-order valence-corrected chi connectivity index (χ2v) is 6.80. The molecular weight excluding hydrogens is 306 g/mol. The van der Waals surface area contributed by atoms with Crippen molar-refractivity contribution in [3.05, 3.63) is 39.3 Å². The first-order valence-electron chi connectivity index (χ1n) is 5.32. The Morgan fingerprint density at radius 2 is 2.21 bits per heavy atom. The summed E-state index contributed by atoms with van der Waals surface area (Å²) in [5.74, 6) is 0. The third-order valence-electron chi connectivity index (χ3n) is 2.51. The monoisotopic (exact) mass is 317 g/mol. The summed E-state index contributed by atoms with van der Waals surface area (Å²) >= 11 is 7.26. The predicted molar refractivity (Wildman–Crippen MR) is 76.7 cm³/mol. The molecule has 5 nitrogen and oxygen atoms in total. The SMILES string of the molecule is Cc1cc(Cl)c(N)cc1S(=O)(=O)NCc1cscn1. The molecule has 0 saturated heterocycles. The van der Waals surface area contributed by atoms with E-state index in [-0.39, 0.29) is 17.1 Å². The Bertz CT molecular complexity index is 684. The summed E-state index contributed by atoms with van der Waals surface area (Å²) in [4.78, 5) is 4.14. The molecule has 1 heterocycles. The maximum absolute atomic E-state index is 12.2. The van der Waals surface area contributed by atoms with Crippen LogP contribution < -0.4 is 10.5 Å². The van der Waals surface area contributed by atoms with Crippen molar-refractivity contribution in [2.45, 2.75) is 18.4 Å². The quantitative estimate of drug-likeness (QED) is 0.846. The smallest absolute Gasteiger partial charge is 0.241 e. The van der Waals surface area contributed by atoms with Crippen LogP contribution in [0.1, 0.15) is 11.3 Å². The van der Waals surface area contributed by atoms with E-state index in [1.165, 1.54) is 23.5 Å². The van der Waals surface area contributed by atoms with Crippen molar-refractivity contribution in [3.8, 4) is 0 Å². The van der Waals surface area contributed by atoms with Crippen LogP contribution in [-0.4, -0.2) is 13.4 Å². The number of nitrogens with one attached hydrogen (secondary N) is 1. The molecule has 0 aliphatic carbocycles. The zero-order valence-electron chi connectivity index (χ0n) is 10.1. The summed E-state index contributed by atoms with van der Waals surface area (Å²) in [5.41, 5.74) is 8.75. The molecule has 0 saturated carbocycles.